The van der Waals surface area contributed by atoms with Gasteiger partial charge in [-0.25, -0.2) is 0 Å². The highest BCUT2D eigenvalue weighted by atomic mass is 15.0. The Balaban J connectivity index is 2.07. The Morgan fingerprint density at radius 3 is 2.37 bits per heavy atom. The number of nitrogens with two attached hydrogens (primary N) is 1. The van der Waals surface area contributed by atoms with Gasteiger partial charge in [0, 0.05) is 30.9 Å². The van der Waals surface area contributed by atoms with Crippen LogP contribution in [0.1, 0.15) is 37.1 Å². The molecule has 0 saturated heterocycles. The summed E-state index contributed by atoms with van der Waals surface area (Å²) in [4.78, 5) is 0. The summed E-state index contributed by atoms with van der Waals surface area (Å²) in [6.45, 7) is 5.26. The number of benzene rings is 1. The smallest absolute Gasteiger partial charge is 0.0472 e. The zero-order valence-corrected chi connectivity index (χ0v) is 12.0. The van der Waals surface area contributed by atoms with Gasteiger partial charge in [-0.15, -0.1) is 0 Å². The summed E-state index contributed by atoms with van der Waals surface area (Å²) in [5, 5.41) is 0. The average molecular weight is 256 g/mol. The van der Waals surface area contributed by atoms with Gasteiger partial charge in [-0.1, -0.05) is 38.1 Å². The van der Waals surface area contributed by atoms with Gasteiger partial charge in [0.2, 0.25) is 0 Å². The molecular formula is C17H24N2. The van der Waals surface area contributed by atoms with Crippen LogP contribution < -0.4 is 5.73 Å². The summed E-state index contributed by atoms with van der Waals surface area (Å²) >= 11 is 0. The molecule has 2 N–H and O–H groups in total. The molecule has 0 amide bonds. The molecule has 1 heterocycles. The van der Waals surface area contributed by atoms with Crippen molar-refractivity contribution in [2.45, 2.75) is 45.7 Å². The highest BCUT2D eigenvalue weighted by molar-refractivity contribution is 5.23. The molecule has 2 nitrogen and oxygen atoms in total. The molecule has 0 bridgehead atoms. The minimum absolute atomic E-state index is 0.260. The van der Waals surface area contributed by atoms with E-state index >= 15 is 0 Å². The topological polar surface area (TPSA) is 30.9 Å². The van der Waals surface area contributed by atoms with Crippen molar-refractivity contribution in [2.24, 2.45) is 5.73 Å². The van der Waals surface area contributed by atoms with E-state index in [1.807, 2.05) is 0 Å². The number of hydrogen-bond acceptors (Lipinski definition) is 1. The molecule has 1 atom stereocenters. The van der Waals surface area contributed by atoms with Gasteiger partial charge in [-0.2, -0.15) is 0 Å². The number of aryl methyl sites for hydroxylation is 1. The van der Waals surface area contributed by atoms with Crippen LogP contribution in [-0.2, 0) is 19.4 Å². The molecule has 0 saturated carbocycles. The molecule has 1 aromatic heterocycles. The molecule has 102 valence electrons. The van der Waals surface area contributed by atoms with Gasteiger partial charge >= 0.3 is 0 Å². The standard InChI is InChI=1S/C17H24N2/c1-3-14-7-9-15(10-8-14)13-19-11-5-6-17(19)12-16(18)4-2/h5-11,16H,3-4,12-13,18H2,1-2H3. The van der Waals surface area contributed by atoms with Gasteiger partial charge in [-0.3, -0.25) is 0 Å². The quantitative estimate of drug-likeness (QED) is 0.844. The summed E-state index contributed by atoms with van der Waals surface area (Å²) in [6.07, 6.45) is 5.22. The average Bonchev–Trinajstić information content (AvgIpc) is 2.86. The molecule has 0 aliphatic rings. The van der Waals surface area contributed by atoms with Crippen LogP contribution in [0.3, 0.4) is 0 Å². The Bertz CT molecular complexity index is 496. The highest BCUT2D eigenvalue weighted by Crippen LogP contribution is 2.11. The zero-order chi connectivity index (χ0) is 13.7. The van der Waals surface area contributed by atoms with E-state index in [4.69, 9.17) is 5.73 Å². The second-order valence-corrected chi connectivity index (χ2v) is 5.17. The monoisotopic (exact) mass is 256 g/mol. The molecule has 0 fully saturated rings. The first kappa shape index (κ1) is 13.9. The number of aromatic nitrogens is 1. The van der Waals surface area contributed by atoms with E-state index in [0.29, 0.717) is 0 Å². The van der Waals surface area contributed by atoms with E-state index in [1.165, 1.54) is 16.8 Å². The molecule has 0 aliphatic heterocycles. The van der Waals surface area contributed by atoms with E-state index in [9.17, 15) is 0 Å². The summed E-state index contributed by atoms with van der Waals surface area (Å²) in [5.41, 5.74) is 10.1. The van der Waals surface area contributed by atoms with Crippen molar-refractivity contribution >= 4 is 0 Å². The molecular weight excluding hydrogens is 232 g/mol. The van der Waals surface area contributed by atoms with Crippen LogP contribution in [0.4, 0.5) is 0 Å². The first-order valence-electron chi connectivity index (χ1n) is 7.20. The largest absolute Gasteiger partial charge is 0.347 e. The number of rotatable bonds is 6. The maximum atomic E-state index is 6.05. The van der Waals surface area contributed by atoms with Crippen LogP contribution in [0.15, 0.2) is 42.6 Å². The van der Waals surface area contributed by atoms with E-state index in [0.717, 1.165) is 25.8 Å². The number of hydrogen-bond donors (Lipinski definition) is 1. The first-order valence-corrected chi connectivity index (χ1v) is 7.20. The van der Waals surface area contributed by atoms with Crippen molar-refractivity contribution in [3.05, 3.63) is 59.4 Å². The summed E-state index contributed by atoms with van der Waals surface area (Å²) in [5.74, 6) is 0. The molecule has 2 aromatic rings. The third-order valence-corrected chi connectivity index (χ3v) is 3.70. The molecule has 0 radical (unpaired) electrons. The molecule has 0 aliphatic carbocycles. The van der Waals surface area contributed by atoms with Gasteiger partial charge < -0.3 is 10.3 Å². The second-order valence-electron chi connectivity index (χ2n) is 5.17. The second kappa shape index (κ2) is 6.58. The SMILES string of the molecule is CCc1ccc(Cn2cccc2CC(N)CC)cc1. The van der Waals surface area contributed by atoms with Crippen LogP contribution >= 0.6 is 0 Å². The van der Waals surface area contributed by atoms with E-state index in [-0.39, 0.29) is 6.04 Å². The lowest BCUT2D eigenvalue weighted by Crippen LogP contribution is -2.23. The van der Waals surface area contributed by atoms with Crippen LogP contribution in [0, 0.1) is 0 Å². The van der Waals surface area contributed by atoms with Gasteiger partial charge in [0.15, 0.2) is 0 Å². The van der Waals surface area contributed by atoms with Gasteiger partial charge in [0.25, 0.3) is 0 Å². The van der Waals surface area contributed by atoms with Crippen LogP contribution in [0.25, 0.3) is 0 Å². The maximum Gasteiger partial charge on any atom is 0.0472 e. The fourth-order valence-electron chi connectivity index (χ4n) is 2.28. The lowest BCUT2D eigenvalue weighted by atomic mass is 10.1. The van der Waals surface area contributed by atoms with Crippen molar-refractivity contribution in [2.75, 3.05) is 0 Å². The molecule has 1 aromatic carbocycles. The van der Waals surface area contributed by atoms with Crippen LogP contribution in [-0.4, -0.2) is 10.6 Å². The van der Waals surface area contributed by atoms with Crippen molar-refractivity contribution in [3.63, 3.8) is 0 Å². The zero-order valence-electron chi connectivity index (χ0n) is 12.0. The molecule has 2 rings (SSSR count). The maximum absolute atomic E-state index is 6.05. The summed E-state index contributed by atoms with van der Waals surface area (Å²) in [6, 6.07) is 13.4. The Morgan fingerprint density at radius 2 is 1.74 bits per heavy atom. The predicted molar refractivity (Wildman–Crippen MR) is 81.3 cm³/mol. The van der Waals surface area contributed by atoms with Gasteiger partial charge in [-0.05, 0) is 36.1 Å². The van der Waals surface area contributed by atoms with Crippen molar-refractivity contribution < 1.29 is 0 Å². The van der Waals surface area contributed by atoms with Crippen LogP contribution in [0.5, 0.6) is 0 Å². The predicted octanol–water partition coefficient (Wildman–Crippen LogP) is 3.38. The minimum Gasteiger partial charge on any atom is -0.347 e. The Hall–Kier alpha value is -1.54. The summed E-state index contributed by atoms with van der Waals surface area (Å²) < 4.78 is 2.30. The Morgan fingerprint density at radius 1 is 1.05 bits per heavy atom. The van der Waals surface area contributed by atoms with Crippen molar-refractivity contribution in [3.8, 4) is 0 Å². The van der Waals surface area contributed by atoms with E-state index in [1.54, 1.807) is 0 Å². The summed E-state index contributed by atoms with van der Waals surface area (Å²) in [7, 11) is 0. The fourth-order valence-corrected chi connectivity index (χ4v) is 2.28. The third kappa shape index (κ3) is 3.71. The highest BCUT2D eigenvalue weighted by Gasteiger charge is 2.06. The Kier molecular flexibility index (Phi) is 4.80. The fraction of sp³-hybridized carbons (Fsp3) is 0.412. The first-order chi connectivity index (χ1) is 9.22. The lowest BCUT2D eigenvalue weighted by molar-refractivity contribution is 0.610. The third-order valence-electron chi connectivity index (χ3n) is 3.70. The van der Waals surface area contributed by atoms with Crippen LogP contribution in [0.2, 0.25) is 0 Å². The Labute approximate surface area is 116 Å². The molecule has 1 unspecified atom stereocenters. The van der Waals surface area contributed by atoms with Crippen molar-refractivity contribution in [1.82, 2.24) is 4.57 Å². The van der Waals surface area contributed by atoms with Gasteiger partial charge in [0.1, 0.15) is 0 Å². The van der Waals surface area contributed by atoms with E-state index in [2.05, 4.69) is 61.0 Å². The minimum atomic E-state index is 0.260. The molecule has 2 heteroatoms. The van der Waals surface area contributed by atoms with Crippen molar-refractivity contribution in [1.29, 1.82) is 0 Å². The molecule has 19 heavy (non-hydrogen) atoms. The van der Waals surface area contributed by atoms with E-state index < -0.39 is 0 Å². The normalized spacial score (nSPS) is 12.6. The number of nitrogens with zero attached hydrogens (tertiary/aromatic N) is 1. The van der Waals surface area contributed by atoms with Gasteiger partial charge in [0.05, 0.1) is 0 Å². The lowest BCUT2D eigenvalue weighted by Gasteiger charge is -2.13. The molecule has 0 spiro atoms.